The highest BCUT2D eigenvalue weighted by atomic mass is 32.2. The number of thioether (sulfide) groups is 1. The predicted octanol–water partition coefficient (Wildman–Crippen LogP) is 2.19. The van der Waals surface area contributed by atoms with E-state index >= 15 is 0 Å². The number of nitrogens with zero attached hydrogens (tertiary/aromatic N) is 1. The summed E-state index contributed by atoms with van der Waals surface area (Å²) in [5.74, 6) is 0.910. The van der Waals surface area contributed by atoms with Crippen LogP contribution >= 0.6 is 11.8 Å². The Morgan fingerprint density at radius 1 is 1.24 bits per heavy atom. The van der Waals surface area contributed by atoms with Crippen molar-refractivity contribution in [2.45, 2.75) is 19.3 Å². The van der Waals surface area contributed by atoms with Gasteiger partial charge in [-0.05, 0) is 30.9 Å². The first-order valence-electron chi connectivity index (χ1n) is 6.98. The van der Waals surface area contributed by atoms with E-state index in [0.29, 0.717) is 17.3 Å². The minimum Gasteiger partial charge on any atom is -0.351 e. The van der Waals surface area contributed by atoms with Crippen LogP contribution in [0.1, 0.15) is 29.8 Å². The summed E-state index contributed by atoms with van der Waals surface area (Å²) in [7, 11) is 0. The molecule has 0 saturated heterocycles. The molecule has 1 heterocycles. The van der Waals surface area contributed by atoms with Gasteiger partial charge in [0.1, 0.15) is 0 Å². The van der Waals surface area contributed by atoms with Crippen molar-refractivity contribution in [1.82, 2.24) is 15.5 Å². The maximum Gasteiger partial charge on any atom is 0.272 e. The Morgan fingerprint density at radius 2 is 2.00 bits per heavy atom. The third-order valence-electron chi connectivity index (χ3n) is 3.22. The van der Waals surface area contributed by atoms with Gasteiger partial charge in [0, 0.05) is 11.9 Å². The second kappa shape index (κ2) is 7.83. The number of aromatic amines is 1. The third-order valence-corrected chi connectivity index (χ3v) is 3.92. The van der Waals surface area contributed by atoms with Gasteiger partial charge >= 0.3 is 0 Å². The van der Waals surface area contributed by atoms with Crippen LogP contribution in [0.15, 0.2) is 29.1 Å². The maximum atomic E-state index is 12.2. The van der Waals surface area contributed by atoms with E-state index in [1.165, 1.54) is 0 Å². The van der Waals surface area contributed by atoms with Gasteiger partial charge in [0.15, 0.2) is 5.69 Å². The van der Waals surface area contributed by atoms with Gasteiger partial charge in [-0.25, -0.2) is 5.10 Å². The molecule has 0 unspecified atom stereocenters. The lowest BCUT2D eigenvalue weighted by molar-refractivity contribution is 0.0949. The van der Waals surface area contributed by atoms with Crippen molar-refractivity contribution in [1.29, 1.82) is 0 Å². The zero-order valence-electron chi connectivity index (χ0n) is 12.0. The fourth-order valence-corrected chi connectivity index (χ4v) is 2.61. The summed E-state index contributed by atoms with van der Waals surface area (Å²) in [5, 5.41) is 10.2. The van der Waals surface area contributed by atoms with Crippen molar-refractivity contribution in [2.75, 3.05) is 18.6 Å². The normalized spacial score (nSPS) is 10.7. The van der Waals surface area contributed by atoms with Crippen molar-refractivity contribution < 1.29 is 4.79 Å². The zero-order valence-corrected chi connectivity index (χ0v) is 12.8. The van der Waals surface area contributed by atoms with E-state index in [0.717, 1.165) is 25.0 Å². The minimum atomic E-state index is -0.279. The van der Waals surface area contributed by atoms with E-state index in [2.05, 4.69) is 21.8 Å². The molecular weight excluding hydrogens is 286 g/mol. The summed E-state index contributed by atoms with van der Waals surface area (Å²) in [6.07, 6.45) is 5.31. The Balaban J connectivity index is 2.00. The molecule has 112 valence electrons. The number of carbonyl (C=O) groups excluding carboxylic acids is 1. The molecule has 0 radical (unpaired) electrons. The lowest BCUT2D eigenvalue weighted by Crippen LogP contribution is -2.27. The smallest absolute Gasteiger partial charge is 0.272 e. The number of hydrogen-bond donors (Lipinski definition) is 2. The van der Waals surface area contributed by atoms with Gasteiger partial charge in [-0.15, -0.1) is 0 Å². The highest BCUT2D eigenvalue weighted by Crippen LogP contribution is 2.12. The van der Waals surface area contributed by atoms with Gasteiger partial charge < -0.3 is 5.32 Å². The summed E-state index contributed by atoms with van der Waals surface area (Å²) in [4.78, 5) is 23.8. The van der Waals surface area contributed by atoms with Crippen LogP contribution in [0.25, 0.3) is 10.8 Å². The summed E-state index contributed by atoms with van der Waals surface area (Å²) in [6, 6.07) is 6.99. The van der Waals surface area contributed by atoms with E-state index < -0.39 is 0 Å². The molecular formula is C15H19N3O2S. The lowest BCUT2D eigenvalue weighted by Gasteiger charge is -2.06. The van der Waals surface area contributed by atoms with Crippen molar-refractivity contribution in [3.63, 3.8) is 0 Å². The van der Waals surface area contributed by atoms with Gasteiger partial charge in [-0.2, -0.15) is 16.9 Å². The number of carbonyl (C=O) groups is 1. The molecule has 2 aromatic rings. The van der Waals surface area contributed by atoms with Crippen LogP contribution in [0.5, 0.6) is 0 Å². The van der Waals surface area contributed by atoms with Gasteiger partial charge in [0.05, 0.1) is 5.39 Å². The fraction of sp³-hybridized carbons (Fsp3) is 0.400. The molecule has 0 aliphatic rings. The summed E-state index contributed by atoms with van der Waals surface area (Å²) < 4.78 is 0. The van der Waals surface area contributed by atoms with E-state index in [1.807, 2.05) is 11.8 Å². The number of fused-ring (bicyclic) bond motifs is 1. The summed E-state index contributed by atoms with van der Waals surface area (Å²) in [5.41, 5.74) is -0.00599. The third kappa shape index (κ3) is 4.07. The molecule has 0 aliphatic heterocycles. The van der Waals surface area contributed by atoms with Crippen molar-refractivity contribution in [3.05, 3.63) is 40.3 Å². The molecule has 5 nitrogen and oxygen atoms in total. The highest BCUT2D eigenvalue weighted by molar-refractivity contribution is 7.98. The molecule has 0 saturated carbocycles. The molecule has 0 fully saturated rings. The van der Waals surface area contributed by atoms with E-state index in [4.69, 9.17) is 0 Å². The molecule has 1 aromatic heterocycles. The van der Waals surface area contributed by atoms with Crippen LogP contribution in [0, 0.1) is 0 Å². The number of nitrogens with one attached hydrogen (secondary N) is 2. The highest BCUT2D eigenvalue weighted by Gasteiger charge is 2.12. The molecule has 1 amide bonds. The number of benzene rings is 1. The van der Waals surface area contributed by atoms with Gasteiger partial charge in [-0.3, -0.25) is 9.59 Å². The first-order valence-corrected chi connectivity index (χ1v) is 8.38. The van der Waals surface area contributed by atoms with E-state index in [1.54, 1.807) is 24.3 Å². The number of aromatic nitrogens is 2. The SMILES string of the molecule is CSCCCCCNC(=O)c1n[nH]c(=O)c2ccccc12. The van der Waals surface area contributed by atoms with Crippen LogP contribution in [-0.4, -0.2) is 34.7 Å². The number of hydrogen-bond acceptors (Lipinski definition) is 4. The molecule has 6 heteroatoms. The Kier molecular flexibility index (Phi) is 5.80. The van der Waals surface area contributed by atoms with Crippen LogP contribution < -0.4 is 10.9 Å². The summed E-state index contributed by atoms with van der Waals surface area (Å²) >= 11 is 1.83. The standard InChI is InChI=1S/C15H19N3O2S/c1-21-10-6-2-5-9-16-15(20)13-11-7-3-4-8-12(11)14(19)18-17-13/h3-4,7-8H,2,5-6,9-10H2,1H3,(H,16,20)(H,18,19). The molecule has 21 heavy (non-hydrogen) atoms. The molecule has 2 N–H and O–H groups in total. The average Bonchev–Trinajstić information content (AvgIpc) is 2.51. The number of rotatable bonds is 7. The molecule has 0 spiro atoms. The average molecular weight is 305 g/mol. The number of H-pyrrole nitrogens is 1. The topological polar surface area (TPSA) is 74.8 Å². The zero-order chi connectivity index (χ0) is 15.1. The monoisotopic (exact) mass is 305 g/mol. The largest absolute Gasteiger partial charge is 0.351 e. The van der Waals surface area contributed by atoms with E-state index in [9.17, 15) is 9.59 Å². The molecule has 1 aromatic carbocycles. The van der Waals surface area contributed by atoms with Crippen molar-refractivity contribution >= 4 is 28.4 Å². The first kappa shape index (κ1) is 15.6. The first-order chi connectivity index (χ1) is 10.2. The van der Waals surface area contributed by atoms with Crippen molar-refractivity contribution in [2.24, 2.45) is 0 Å². The second-order valence-electron chi connectivity index (χ2n) is 4.76. The van der Waals surface area contributed by atoms with Crippen LogP contribution in [0.4, 0.5) is 0 Å². The second-order valence-corrected chi connectivity index (χ2v) is 5.74. The van der Waals surface area contributed by atoms with Crippen LogP contribution in [0.2, 0.25) is 0 Å². The Hall–Kier alpha value is -1.82. The fourth-order valence-electron chi connectivity index (χ4n) is 2.12. The summed E-state index contributed by atoms with van der Waals surface area (Å²) in [6.45, 7) is 0.627. The van der Waals surface area contributed by atoms with E-state index in [-0.39, 0.29) is 17.2 Å². The maximum absolute atomic E-state index is 12.2. The van der Waals surface area contributed by atoms with Gasteiger partial charge in [0.2, 0.25) is 0 Å². The molecule has 2 rings (SSSR count). The molecule has 0 atom stereocenters. The Labute approximate surface area is 127 Å². The van der Waals surface area contributed by atoms with Gasteiger partial charge in [0.25, 0.3) is 11.5 Å². The van der Waals surface area contributed by atoms with Crippen molar-refractivity contribution in [3.8, 4) is 0 Å². The predicted molar refractivity (Wildman–Crippen MR) is 86.9 cm³/mol. The Morgan fingerprint density at radius 3 is 2.76 bits per heavy atom. The Bertz CT molecular complexity index is 669. The quantitative estimate of drug-likeness (QED) is 0.769. The molecule has 0 bridgehead atoms. The number of unbranched alkanes of at least 4 members (excludes halogenated alkanes) is 2. The van der Waals surface area contributed by atoms with Crippen LogP contribution in [-0.2, 0) is 0 Å². The lowest BCUT2D eigenvalue weighted by atomic mass is 10.1. The minimum absolute atomic E-state index is 0.243. The number of amides is 1. The van der Waals surface area contributed by atoms with Crippen LogP contribution in [0.3, 0.4) is 0 Å². The van der Waals surface area contributed by atoms with Gasteiger partial charge in [-0.1, -0.05) is 24.6 Å². The molecule has 0 aliphatic carbocycles.